The molecular weight excluding hydrogens is 334 g/mol. The molecule has 3 heterocycles. The number of amides is 1. The van der Waals surface area contributed by atoms with Crippen LogP contribution in [0.3, 0.4) is 0 Å². The Morgan fingerprint density at radius 3 is 2.90 bits per heavy atom. The van der Waals surface area contributed by atoms with Gasteiger partial charge < -0.3 is 5.32 Å². The maximum absolute atomic E-state index is 12.2. The second kappa shape index (κ2) is 5.61. The van der Waals surface area contributed by atoms with Crippen molar-refractivity contribution < 1.29 is 4.79 Å². The average Bonchev–Trinajstić information content (AvgIpc) is 2.89. The van der Waals surface area contributed by atoms with E-state index in [9.17, 15) is 4.79 Å². The number of hydrogen-bond acceptors (Lipinski definition) is 4. The molecule has 0 saturated heterocycles. The predicted molar refractivity (Wildman–Crippen MR) is 80.8 cm³/mol. The maximum Gasteiger partial charge on any atom is 0.257 e. The highest BCUT2D eigenvalue weighted by Crippen LogP contribution is 2.12. The van der Waals surface area contributed by atoms with E-state index in [1.807, 2.05) is 19.1 Å². The van der Waals surface area contributed by atoms with Crippen LogP contribution < -0.4 is 5.32 Å². The summed E-state index contributed by atoms with van der Waals surface area (Å²) in [5.41, 5.74) is 2.86. The van der Waals surface area contributed by atoms with E-state index in [-0.39, 0.29) is 5.91 Å². The van der Waals surface area contributed by atoms with E-state index in [0.717, 1.165) is 15.7 Å². The van der Waals surface area contributed by atoms with Crippen LogP contribution in [-0.2, 0) is 6.54 Å². The van der Waals surface area contributed by atoms with Crippen molar-refractivity contribution in [1.29, 1.82) is 0 Å². The largest absolute Gasteiger partial charge is 0.348 e. The standard InChI is InChI=1S/C14H12BrN5O/c1-9-2-3-10(4-16-9)5-18-14(21)12-7-19-20-8-11(15)6-17-13(12)20/h2-4,6-8H,5H2,1H3,(H,18,21). The van der Waals surface area contributed by atoms with Gasteiger partial charge in [-0.05, 0) is 34.5 Å². The fraction of sp³-hybridized carbons (Fsp3) is 0.143. The number of nitrogens with one attached hydrogen (secondary N) is 1. The van der Waals surface area contributed by atoms with Crippen molar-refractivity contribution in [3.63, 3.8) is 0 Å². The number of fused-ring (bicyclic) bond motifs is 1. The van der Waals surface area contributed by atoms with Crippen molar-refractivity contribution in [2.24, 2.45) is 0 Å². The van der Waals surface area contributed by atoms with Crippen LogP contribution in [0.1, 0.15) is 21.6 Å². The number of aryl methyl sites for hydroxylation is 1. The molecule has 1 N–H and O–H groups in total. The highest BCUT2D eigenvalue weighted by atomic mass is 79.9. The van der Waals surface area contributed by atoms with E-state index in [4.69, 9.17) is 0 Å². The van der Waals surface area contributed by atoms with E-state index in [2.05, 4.69) is 36.3 Å². The van der Waals surface area contributed by atoms with Crippen LogP contribution in [0.2, 0.25) is 0 Å². The quantitative estimate of drug-likeness (QED) is 0.789. The van der Waals surface area contributed by atoms with Crippen LogP contribution in [0.5, 0.6) is 0 Å². The summed E-state index contributed by atoms with van der Waals surface area (Å²) in [6.07, 6.45) is 6.65. The van der Waals surface area contributed by atoms with Gasteiger partial charge in [0.25, 0.3) is 5.91 Å². The Labute approximate surface area is 129 Å². The summed E-state index contributed by atoms with van der Waals surface area (Å²) >= 11 is 3.31. The lowest BCUT2D eigenvalue weighted by atomic mass is 10.2. The number of nitrogens with zero attached hydrogens (tertiary/aromatic N) is 4. The molecule has 0 aliphatic heterocycles. The predicted octanol–water partition coefficient (Wildman–Crippen LogP) is 2.13. The van der Waals surface area contributed by atoms with Crippen LogP contribution in [0.4, 0.5) is 0 Å². The first kappa shape index (κ1) is 13.7. The van der Waals surface area contributed by atoms with Gasteiger partial charge in [-0.3, -0.25) is 9.78 Å². The number of aromatic nitrogens is 4. The molecule has 0 unspecified atom stereocenters. The van der Waals surface area contributed by atoms with Crippen molar-refractivity contribution in [1.82, 2.24) is 24.9 Å². The summed E-state index contributed by atoms with van der Waals surface area (Å²) in [5, 5.41) is 6.96. The third-order valence-electron chi connectivity index (χ3n) is 3.00. The van der Waals surface area contributed by atoms with Gasteiger partial charge in [0, 0.05) is 30.8 Å². The van der Waals surface area contributed by atoms with Crippen molar-refractivity contribution in [2.45, 2.75) is 13.5 Å². The minimum atomic E-state index is -0.208. The van der Waals surface area contributed by atoms with Crippen molar-refractivity contribution in [2.75, 3.05) is 0 Å². The highest BCUT2D eigenvalue weighted by molar-refractivity contribution is 9.10. The number of carbonyl (C=O) groups excluding carboxylic acids is 1. The van der Waals surface area contributed by atoms with Crippen LogP contribution in [0.25, 0.3) is 5.65 Å². The second-order valence-corrected chi connectivity index (χ2v) is 5.50. The topological polar surface area (TPSA) is 72.2 Å². The lowest BCUT2D eigenvalue weighted by Gasteiger charge is -2.04. The number of carbonyl (C=O) groups is 1. The first-order valence-electron chi connectivity index (χ1n) is 6.32. The average molecular weight is 346 g/mol. The molecule has 0 fully saturated rings. The van der Waals surface area contributed by atoms with Gasteiger partial charge in [-0.1, -0.05) is 6.07 Å². The summed E-state index contributed by atoms with van der Waals surface area (Å²) in [5.74, 6) is -0.208. The van der Waals surface area contributed by atoms with Gasteiger partial charge in [0.2, 0.25) is 0 Å². The SMILES string of the molecule is Cc1ccc(CNC(=O)c2cnn3cc(Br)cnc23)cn1. The Morgan fingerprint density at radius 2 is 2.14 bits per heavy atom. The second-order valence-electron chi connectivity index (χ2n) is 4.59. The Morgan fingerprint density at radius 1 is 1.29 bits per heavy atom. The Bertz CT molecular complexity index is 797. The number of halogens is 1. The molecule has 1 amide bonds. The molecule has 0 saturated carbocycles. The van der Waals surface area contributed by atoms with E-state index < -0.39 is 0 Å². The zero-order valence-electron chi connectivity index (χ0n) is 11.2. The van der Waals surface area contributed by atoms with Crippen molar-refractivity contribution >= 4 is 27.5 Å². The summed E-state index contributed by atoms with van der Waals surface area (Å²) in [7, 11) is 0. The van der Waals surface area contributed by atoms with Gasteiger partial charge in [-0.15, -0.1) is 0 Å². The fourth-order valence-electron chi connectivity index (χ4n) is 1.89. The summed E-state index contributed by atoms with van der Waals surface area (Å²) in [6, 6.07) is 3.85. The summed E-state index contributed by atoms with van der Waals surface area (Å²) in [6.45, 7) is 2.34. The molecule has 0 aromatic carbocycles. The Balaban J connectivity index is 1.76. The smallest absolute Gasteiger partial charge is 0.257 e. The molecule has 0 radical (unpaired) electrons. The maximum atomic E-state index is 12.2. The molecule has 0 bridgehead atoms. The first-order valence-corrected chi connectivity index (χ1v) is 7.11. The van der Waals surface area contributed by atoms with Gasteiger partial charge >= 0.3 is 0 Å². The minimum Gasteiger partial charge on any atom is -0.348 e. The Hall–Kier alpha value is -2.28. The monoisotopic (exact) mass is 345 g/mol. The van der Waals surface area contributed by atoms with Gasteiger partial charge in [0.05, 0.1) is 10.7 Å². The van der Waals surface area contributed by atoms with Gasteiger partial charge in [-0.2, -0.15) is 5.10 Å². The molecule has 3 aromatic rings. The number of hydrogen-bond donors (Lipinski definition) is 1. The van der Waals surface area contributed by atoms with Crippen molar-refractivity contribution in [3.8, 4) is 0 Å². The molecule has 0 aliphatic rings. The molecule has 0 spiro atoms. The molecule has 21 heavy (non-hydrogen) atoms. The van der Waals surface area contributed by atoms with E-state index >= 15 is 0 Å². The third kappa shape index (κ3) is 2.92. The normalized spacial score (nSPS) is 10.8. The Kier molecular flexibility index (Phi) is 3.66. The minimum absolute atomic E-state index is 0.208. The zero-order valence-corrected chi connectivity index (χ0v) is 12.8. The number of rotatable bonds is 3. The van der Waals surface area contributed by atoms with Gasteiger partial charge in [0.15, 0.2) is 5.65 Å². The highest BCUT2D eigenvalue weighted by Gasteiger charge is 2.13. The van der Waals surface area contributed by atoms with Gasteiger partial charge in [-0.25, -0.2) is 9.50 Å². The molecule has 3 rings (SSSR count). The molecule has 6 nitrogen and oxygen atoms in total. The van der Waals surface area contributed by atoms with Crippen LogP contribution in [0, 0.1) is 6.92 Å². The molecule has 3 aromatic heterocycles. The summed E-state index contributed by atoms with van der Waals surface area (Å²) in [4.78, 5) is 20.6. The lowest BCUT2D eigenvalue weighted by Crippen LogP contribution is -2.22. The van der Waals surface area contributed by atoms with E-state index in [0.29, 0.717) is 17.8 Å². The summed E-state index contributed by atoms with van der Waals surface area (Å²) < 4.78 is 2.36. The zero-order chi connectivity index (χ0) is 14.8. The van der Waals surface area contributed by atoms with Crippen LogP contribution in [0.15, 0.2) is 41.4 Å². The van der Waals surface area contributed by atoms with E-state index in [1.165, 1.54) is 6.20 Å². The third-order valence-corrected chi connectivity index (χ3v) is 3.40. The molecule has 0 aliphatic carbocycles. The molecule has 0 atom stereocenters. The molecular formula is C14H12BrN5O. The molecule has 106 valence electrons. The van der Waals surface area contributed by atoms with Crippen LogP contribution >= 0.6 is 15.9 Å². The van der Waals surface area contributed by atoms with Crippen molar-refractivity contribution in [3.05, 3.63) is 58.2 Å². The molecule has 7 heteroatoms. The first-order chi connectivity index (χ1) is 10.1. The van der Waals surface area contributed by atoms with Crippen LogP contribution in [-0.4, -0.2) is 25.5 Å². The lowest BCUT2D eigenvalue weighted by molar-refractivity contribution is 0.0952. The fourth-order valence-corrected chi connectivity index (χ4v) is 2.19. The van der Waals surface area contributed by atoms with E-state index in [1.54, 1.807) is 23.1 Å². The van der Waals surface area contributed by atoms with Gasteiger partial charge in [0.1, 0.15) is 5.56 Å². The number of pyridine rings is 1.